The number of nitrogens with one attached hydrogen (secondary N) is 2. The number of amides is 3. The molecule has 3 amide bonds. The average Bonchev–Trinajstić information content (AvgIpc) is 3.59. The molecule has 0 bridgehead atoms. The van der Waals surface area contributed by atoms with Crippen LogP contribution in [0.3, 0.4) is 0 Å². The number of ether oxygens (including phenoxy) is 3. The zero-order chi connectivity index (χ0) is 36.0. The molecule has 0 spiro atoms. The third-order valence-corrected chi connectivity index (χ3v) is 7.74. The van der Waals surface area contributed by atoms with Crippen molar-refractivity contribution in [3.63, 3.8) is 0 Å². The number of nitrogens with zero attached hydrogens (tertiary/aromatic N) is 1. The number of nitrogens with two attached hydrogens (primary N) is 1. The molecule has 4 N–H and O–H groups in total. The van der Waals surface area contributed by atoms with Gasteiger partial charge >= 0.3 is 30.0 Å². The van der Waals surface area contributed by atoms with Crippen molar-refractivity contribution in [1.29, 1.82) is 0 Å². The van der Waals surface area contributed by atoms with Gasteiger partial charge in [-0.3, -0.25) is 14.5 Å². The molecule has 1 heterocycles. The third kappa shape index (κ3) is 11.3. The van der Waals surface area contributed by atoms with Crippen LogP contribution in [-0.2, 0) is 46.6 Å². The van der Waals surface area contributed by atoms with Crippen molar-refractivity contribution in [2.45, 2.75) is 83.2 Å². The summed E-state index contributed by atoms with van der Waals surface area (Å²) in [7, 11) is 0. The van der Waals surface area contributed by atoms with Gasteiger partial charge in [-0.25, -0.2) is 19.2 Å². The summed E-state index contributed by atoms with van der Waals surface area (Å²) in [5.74, 6) is -12.7. The number of hydrogen-bond acceptors (Lipinski definition) is 10. The lowest BCUT2D eigenvalue weighted by atomic mass is 9.95. The molecule has 0 saturated carbocycles. The highest BCUT2D eigenvalue weighted by atomic mass is 19.3. The molecule has 1 aliphatic rings. The lowest BCUT2D eigenvalue weighted by Gasteiger charge is -2.28. The molecule has 3 rings (SSSR count). The van der Waals surface area contributed by atoms with Crippen LogP contribution in [-0.4, -0.2) is 77.9 Å². The van der Waals surface area contributed by atoms with E-state index in [1.54, 1.807) is 60.7 Å². The Morgan fingerprint density at radius 1 is 0.898 bits per heavy atom. The number of unbranched alkanes of at least 4 members (excludes halogenated alkanes) is 1. The molecule has 13 nitrogen and oxygen atoms in total. The van der Waals surface area contributed by atoms with Crippen LogP contribution in [0.5, 0.6) is 0 Å². The summed E-state index contributed by atoms with van der Waals surface area (Å²) >= 11 is 0. The molecule has 1 aliphatic heterocycles. The van der Waals surface area contributed by atoms with Gasteiger partial charge in [0.05, 0.1) is 6.04 Å². The smallest absolute Gasteiger partial charge is 0.410 e. The van der Waals surface area contributed by atoms with Crippen LogP contribution in [0, 0.1) is 5.92 Å². The first-order valence-corrected chi connectivity index (χ1v) is 16.0. The van der Waals surface area contributed by atoms with Crippen LogP contribution in [0.4, 0.5) is 18.4 Å². The molecule has 1 saturated heterocycles. The summed E-state index contributed by atoms with van der Waals surface area (Å²) in [5, 5.41) is 4.45. The summed E-state index contributed by atoms with van der Waals surface area (Å²) in [6.45, 7) is 2.93. The minimum Gasteiger partial charge on any atom is -0.445 e. The molecular weight excluding hydrogens is 646 g/mol. The number of carbonyl (C=O) groups is 6. The van der Waals surface area contributed by atoms with Crippen LogP contribution in [0.1, 0.15) is 57.1 Å². The number of alkyl carbamates (subject to hydrolysis) is 1. The Morgan fingerprint density at radius 2 is 1.49 bits per heavy atom. The quantitative estimate of drug-likeness (QED) is 0.102. The van der Waals surface area contributed by atoms with E-state index >= 15 is 8.78 Å². The highest BCUT2D eigenvalue weighted by molar-refractivity contribution is 6.11. The van der Waals surface area contributed by atoms with Gasteiger partial charge in [0.1, 0.15) is 25.3 Å². The molecule has 49 heavy (non-hydrogen) atoms. The first-order valence-electron chi connectivity index (χ1n) is 16.0. The maximum absolute atomic E-state index is 15.3. The number of rotatable bonds is 16. The first-order chi connectivity index (χ1) is 23.3. The van der Waals surface area contributed by atoms with Crippen molar-refractivity contribution in [3.8, 4) is 0 Å². The van der Waals surface area contributed by atoms with Crippen LogP contribution < -0.4 is 16.4 Å². The zero-order valence-electron chi connectivity index (χ0n) is 27.4. The predicted molar refractivity (Wildman–Crippen MR) is 171 cm³/mol. The standard InChI is InChI=1S/C34H42F2N4O9/c1-22(2)27(39-29(42)26-17-11-19-40(26)33(46)48-21-24-14-7-4-8-15-24)28(41)34(35,36)31(44)49-30(43)25(16-9-10-18-37)38-32(45)47-20-23-12-5-3-6-13-23/h3-8,12-15,22,25-27H,9-11,16-21,37H2,1-2H3,(H,38,45)(H,39,42)/t25-,26?,27?/m0/s1. The number of likely N-dealkylation sites (tertiary alicyclic amines) is 1. The van der Waals surface area contributed by atoms with Crippen molar-refractivity contribution >= 4 is 35.8 Å². The third-order valence-electron chi connectivity index (χ3n) is 7.74. The fraction of sp³-hybridized carbons (Fsp3) is 0.471. The maximum atomic E-state index is 15.3. The summed E-state index contributed by atoms with van der Waals surface area (Å²) in [4.78, 5) is 77.9. The number of alkyl halides is 2. The second-order valence-electron chi connectivity index (χ2n) is 11.8. The normalized spacial score (nSPS) is 15.6. The number of carbonyl (C=O) groups excluding carboxylic acids is 6. The molecular formula is C34H42F2N4O9. The van der Waals surface area contributed by atoms with E-state index < -0.39 is 65.8 Å². The fourth-order valence-corrected chi connectivity index (χ4v) is 5.02. The van der Waals surface area contributed by atoms with Crippen LogP contribution in [0.15, 0.2) is 60.7 Å². The summed E-state index contributed by atoms with van der Waals surface area (Å²) in [6.07, 6.45) is -0.709. The summed E-state index contributed by atoms with van der Waals surface area (Å²) in [5.41, 5.74) is 6.85. The van der Waals surface area contributed by atoms with E-state index in [1.165, 1.54) is 13.8 Å². The largest absolute Gasteiger partial charge is 0.445 e. The fourth-order valence-electron chi connectivity index (χ4n) is 5.02. The highest BCUT2D eigenvalue weighted by Gasteiger charge is 2.54. The molecule has 0 radical (unpaired) electrons. The van der Waals surface area contributed by atoms with Gasteiger partial charge in [-0.2, -0.15) is 8.78 Å². The maximum Gasteiger partial charge on any atom is 0.410 e. The number of hydrogen-bond donors (Lipinski definition) is 3. The van der Waals surface area contributed by atoms with Gasteiger partial charge in [-0.1, -0.05) is 74.5 Å². The van der Waals surface area contributed by atoms with Crippen LogP contribution in [0.2, 0.25) is 0 Å². The van der Waals surface area contributed by atoms with Gasteiger partial charge < -0.3 is 30.6 Å². The average molecular weight is 689 g/mol. The van der Waals surface area contributed by atoms with Crippen molar-refractivity contribution in [2.24, 2.45) is 11.7 Å². The van der Waals surface area contributed by atoms with E-state index in [1.807, 2.05) is 0 Å². The van der Waals surface area contributed by atoms with Gasteiger partial charge in [0.2, 0.25) is 11.7 Å². The Kier molecular flexibility index (Phi) is 14.6. The van der Waals surface area contributed by atoms with E-state index in [4.69, 9.17) is 15.2 Å². The van der Waals surface area contributed by atoms with Crippen molar-refractivity contribution in [1.82, 2.24) is 15.5 Å². The van der Waals surface area contributed by atoms with Gasteiger partial charge in [0, 0.05) is 6.54 Å². The molecule has 266 valence electrons. The monoisotopic (exact) mass is 688 g/mol. The van der Waals surface area contributed by atoms with Crippen molar-refractivity contribution in [2.75, 3.05) is 13.1 Å². The van der Waals surface area contributed by atoms with Gasteiger partial charge in [-0.15, -0.1) is 0 Å². The Labute approximate surface area is 282 Å². The topological polar surface area (TPSA) is 183 Å². The van der Waals surface area contributed by atoms with E-state index in [-0.39, 0.29) is 45.6 Å². The molecule has 3 atom stereocenters. The minimum absolute atomic E-state index is 0.0526. The molecule has 15 heteroatoms. The van der Waals surface area contributed by atoms with Gasteiger partial charge in [0.15, 0.2) is 0 Å². The first kappa shape index (κ1) is 38.5. The summed E-state index contributed by atoms with van der Waals surface area (Å²) in [6, 6.07) is 12.8. The van der Waals surface area contributed by atoms with E-state index in [0.29, 0.717) is 18.4 Å². The number of halogens is 2. The van der Waals surface area contributed by atoms with Crippen molar-refractivity contribution in [3.05, 3.63) is 71.8 Å². The van der Waals surface area contributed by atoms with E-state index in [9.17, 15) is 28.8 Å². The van der Waals surface area contributed by atoms with Gasteiger partial charge in [-0.05, 0) is 55.7 Å². The van der Waals surface area contributed by atoms with Crippen LogP contribution in [0.25, 0.3) is 0 Å². The molecule has 2 unspecified atom stereocenters. The predicted octanol–water partition coefficient (Wildman–Crippen LogP) is 3.63. The van der Waals surface area contributed by atoms with Crippen LogP contribution >= 0.6 is 0 Å². The number of ketones is 1. The van der Waals surface area contributed by atoms with E-state index in [0.717, 1.165) is 10.5 Å². The lowest BCUT2D eigenvalue weighted by molar-refractivity contribution is -0.183. The second-order valence-corrected chi connectivity index (χ2v) is 11.8. The Bertz CT molecular complexity index is 1440. The molecule has 1 fully saturated rings. The Hall–Kier alpha value is -4.92. The Balaban J connectivity index is 1.63. The molecule has 0 aliphatic carbocycles. The highest BCUT2D eigenvalue weighted by Crippen LogP contribution is 2.25. The number of esters is 2. The SMILES string of the molecule is CC(C)C(NC(=O)C1CCCN1C(=O)OCc1ccccc1)C(=O)C(F)(F)C(=O)OC(=O)[C@H](CCCCN)NC(=O)OCc1ccccc1. The molecule has 2 aromatic carbocycles. The van der Waals surface area contributed by atoms with Gasteiger partial charge in [0.25, 0.3) is 0 Å². The second kappa shape index (κ2) is 18.6. The summed E-state index contributed by atoms with van der Waals surface area (Å²) < 4.78 is 45.3. The van der Waals surface area contributed by atoms with Crippen molar-refractivity contribution < 1.29 is 51.8 Å². The van der Waals surface area contributed by atoms with E-state index in [2.05, 4.69) is 15.4 Å². The zero-order valence-corrected chi connectivity index (χ0v) is 27.4. The lowest BCUT2D eigenvalue weighted by Crippen LogP contribution is -2.57. The Morgan fingerprint density at radius 3 is 2.06 bits per heavy atom. The number of benzene rings is 2. The number of Topliss-reactive ketones (excluding diaryl/α,β-unsaturated/α-hetero) is 1. The minimum atomic E-state index is -4.86. The molecule has 2 aromatic rings. The molecule has 0 aromatic heterocycles.